The molecule has 1 fully saturated rings. The Morgan fingerprint density at radius 1 is 0.880 bits per heavy atom. The Morgan fingerprint density at radius 2 is 1.32 bits per heavy atom. The summed E-state index contributed by atoms with van der Waals surface area (Å²) >= 11 is 0. The molecule has 1 saturated heterocycles. The first-order valence-corrected chi connectivity index (χ1v) is 11.2. The van der Waals surface area contributed by atoms with Gasteiger partial charge in [-0.3, -0.25) is 0 Å². The summed E-state index contributed by atoms with van der Waals surface area (Å²) in [5.41, 5.74) is 3.20. The molecule has 1 aromatic rings. The normalized spacial score (nSPS) is 17.8. The number of sulfonamides is 1. The molecule has 1 aliphatic heterocycles. The van der Waals surface area contributed by atoms with E-state index in [4.69, 9.17) is 0 Å². The van der Waals surface area contributed by atoms with Gasteiger partial charge in [0.1, 0.15) is 0 Å². The highest BCUT2D eigenvalue weighted by molar-refractivity contribution is 7.89. The second-order valence-electron chi connectivity index (χ2n) is 8.58. The molecule has 0 bridgehead atoms. The van der Waals surface area contributed by atoms with Crippen molar-refractivity contribution >= 4 is 10.0 Å². The van der Waals surface area contributed by atoms with Crippen molar-refractivity contribution in [2.75, 3.05) is 13.1 Å². The lowest BCUT2D eigenvalue weighted by molar-refractivity contribution is 0.287. The zero-order valence-electron chi connectivity index (χ0n) is 17.0. The maximum Gasteiger partial charge on any atom is 0.243 e. The number of hydrogen-bond acceptors (Lipinski definition) is 2. The van der Waals surface area contributed by atoms with Crippen LogP contribution in [0.4, 0.5) is 0 Å². The fraction of sp³-hybridized carbons (Fsp3) is 0.714. The van der Waals surface area contributed by atoms with Crippen molar-refractivity contribution in [2.45, 2.75) is 84.0 Å². The molecule has 25 heavy (non-hydrogen) atoms. The van der Waals surface area contributed by atoms with Crippen molar-refractivity contribution in [2.24, 2.45) is 5.92 Å². The molecule has 142 valence electrons. The van der Waals surface area contributed by atoms with Crippen LogP contribution in [-0.2, 0) is 10.0 Å². The van der Waals surface area contributed by atoms with Gasteiger partial charge in [0.15, 0.2) is 0 Å². The van der Waals surface area contributed by atoms with Gasteiger partial charge >= 0.3 is 0 Å². The van der Waals surface area contributed by atoms with E-state index < -0.39 is 10.0 Å². The first-order valence-electron chi connectivity index (χ1n) is 9.73. The number of nitrogens with zero attached hydrogens (tertiary/aromatic N) is 1. The van der Waals surface area contributed by atoms with Crippen LogP contribution in [-0.4, -0.2) is 25.8 Å². The molecular formula is C21H35NO2S. The highest BCUT2D eigenvalue weighted by Gasteiger charge is 2.33. The summed E-state index contributed by atoms with van der Waals surface area (Å²) in [4.78, 5) is 0.580. The average molecular weight is 366 g/mol. The Kier molecular flexibility index (Phi) is 6.37. The van der Waals surface area contributed by atoms with E-state index in [-0.39, 0.29) is 11.8 Å². The topological polar surface area (TPSA) is 37.4 Å². The fourth-order valence-corrected chi connectivity index (χ4v) is 5.68. The minimum Gasteiger partial charge on any atom is -0.207 e. The van der Waals surface area contributed by atoms with Crippen LogP contribution in [0, 0.1) is 5.92 Å². The van der Waals surface area contributed by atoms with E-state index in [0.717, 1.165) is 24.0 Å². The second-order valence-corrected chi connectivity index (χ2v) is 10.5. The van der Waals surface area contributed by atoms with Gasteiger partial charge in [0.05, 0.1) is 4.90 Å². The highest BCUT2D eigenvalue weighted by Crippen LogP contribution is 2.37. The first-order chi connectivity index (χ1) is 11.6. The van der Waals surface area contributed by atoms with Gasteiger partial charge < -0.3 is 0 Å². The predicted octanol–water partition coefficient (Wildman–Crippen LogP) is 5.48. The molecule has 3 nitrogen and oxygen atoms in total. The van der Waals surface area contributed by atoms with Gasteiger partial charge in [-0.25, -0.2) is 8.42 Å². The zero-order valence-corrected chi connectivity index (χ0v) is 17.8. The maximum atomic E-state index is 13.6. The van der Waals surface area contributed by atoms with Crippen molar-refractivity contribution in [1.29, 1.82) is 0 Å². The Balaban J connectivity index is 2.65. The quantitative estimate of drug-likeness (QED) is 0.693. The third kappa shape index (κ3) is 4.28. The van der Waals surface area contributed by atoms with E-state index in [1.807, 2.05) is 0 Å². The van der Waals surface area contributed by atoms with E-state index >= 15 is 0 Å². The Labute approximate surface area is 154 Å². The van der Waals surface area contributed by atoms with Crippen LogP contribution in [0.3, 0.4) is 0 Å². The molecule has 4 heteroatoms. The molecule has 2 rings (SSSR count). The fourth-order valence-electron chi connectivity index (χ4n) is 3.54. The van der Waals surface area contributed by atoms with Crippen molar-refractivity contribution < 1.29 is 8.42 Å². The van der Waals surface area contributed by atoms with Crippen molar-refractivity contribution in [3.05, 3.63) is 28.8 Å². The minimum absolute atomic E-state index is 0.185. The van der Waals surface area contributed by atoms with Crippen LogP contribution in [0.1, 0.15) is 95.8 Å². The number of rotatable bonds is 5. The molecule has 1 heterocycles. The molecular weight excluding hydrogens is 330 g/mol. The number of benzene rings is 1. The molecule has 0 amide bonds. The van der Waals surface area contributed by atoms with Crippen LogP contribution >= 0.6 is 0 Å². The standard InChI is InChI=1S/C21H35NO2S/c1-14(2)18-12-19(15(3)4)21(20(13-18)16(5)6)25(23,24)22-10-8-17(7)9-11-22/h12-17H,8-11H2,1-7H3. The van der Waals surface area contributed by atoms with E-state index in [0.29, 0.717) is 29.8 Å². The summed E-state index contributed by atoms with van der Waals surface area (Å²) in [6.07, 6.45) is 1.91. The molecule has 0 aromatic heterocycles. The van der Waals surface area contributed by atoms with Crippen LogP contribution in [0.15, 0.2) is 17.0 Å². The van der Waals surface area contributed by atoms with Gasteiger partial charge in [-0.1, -0.05) is 60.6 Å². The minimum atomic E-state index is -3.45. The number of piperidine rings is 1. The second kappa shape index (κ2) is 7.79. The Hall–Kier alpha value is -0.870. The van der Waals surface area contributed by atoms with Crippen molar-refractivity contribution in [1.82, 2.24) is 4.31 Å². The molecule has 0 aliphatic carbocycles. The van der Waals surface area contributed by atoms with Gasteiger partial charge in [-0.05, 0) is 53.2 Å². The van der Waals surface area contributed by atoms with E-state index in [1.54, 1.807) is 4.31 Å². The highest BCUT2D eigenvalue weighted by atomic mass is 32.2. The summed E-state index contributed by atoms with van der Waals surface area (Å²) in [6.45, 7) is 16.2. The van der Waals surface area contributed by atoms with Gasteiger partial charge in [-0.2, -0.15) is 4.31 Å². The van der Waals surface area contributed by atoms with Crippen molar-refractivity contribution in [3.8, 4) is 0 Å². The molecule has 1 aliphatic rings. The molecule has 0 unspecified atom stereocenters. The van der Waals surface area contributed by atoms with Crippen LogP contribution in [0.25, 0.3) is 0 Å². The summed E-state index contributed by atoms with van der Waals surface area (Å²) in [7, 11) is -3.45. The van der Waals surface area contributed by atoms with Crippen LogP contribution in [0.5, 0.6) is 0 Å². The monoisotopic (exact) mass is 365 g/mol. The third-order valence-electron chi connectivity index (χ3n) is 5.42. The van der Waals surface area contributed by atoms with Crippen LogP contribution in [0.2, 0.25) is 0 Å². The lowest BCUT2D eigenvalue weighted by Gasteiger charge is -2.32. The van der Waals surface area contributed by atoms with Crippen molar-refractivity contribution in [3.63, 3.8) is 0 Å². The van der Waals surface area contributed by atoms with Crippen LogP contribution < -0.4 is 0 Å². The molecule has 0 atom stereocenters. The predicted molar refractivity (Wildman–Crippen MR) is 106 cm³/mol. The molecule has 0 radical (unpaired) electrons. The van der Waals surface area contributed by atoms with Gasteiger partial charge in [0, 0.05) is 13.1 Å². The summed E-state index contributed by atoms with van der Waals surface area (Å²) < 4.78 is 28.8. The average Bonchev–Trinajstić information content (AvgIpc) is 2.53. The Morgan fingerprint density at radius 3 is 1.68 bits per heavy atom. The molecule has 0 saturated carbocycles. The van der Waals surface area contributed by atoms with E-state index in [2.05, 4.69) is 60.6 Å². The first kappa shape index (κ1) is 20.4. The molecule has 0 spiro atoms. The largest absolute Gasteiger partial charge is 0.243 e. The summed E-state index contributed by atoms with van der Waals surface area (Å²) in [5, 5.41) is 0. The van der Waals surface area contributed by atoms with E-state index in [1.165, 1.54) is 5.56 Å². The van der Waals surface area contributed by atoms with Gasteiger partial charge in [-0.15, -0.1) is 0 Å². The summed E-state index contributed by atoms with van der Waals surface area (Å²) in [5.74, 6) is 1.38. The van der Waals surface area contributed by atoms with E-state index in [9.17, 15) is 8.42 Å². The summed E-state index contributed by atoms with van der Waals surface area (Å²) in [6, 6.07) is 4.25. The smallest absolute Gasteiger partial charge is 0.207 e. The van der Waals surface area contributed by atoms with Gasteiger partial charge in [0.2, 0.25) is 10.0 Å². The lowest BCUT2D eigenvalue weighted by atomic mass is 9.89. The maximum absolute atomic E-state index is 13.6. The zero-order chi connectivity index (χ0) is 18.9. The third-order valence-corrected chi connectivity index (χ3v) is 7.45. The lowest BCUT2D eigenvalue weighted by Crippen LogP contribution is -2.38. The Bertz CT molecular complexity index is 668. The number of hydrogen-bond donors (Lipinski definition) is 0. The van der Waals surface area contributed by atoms with Gasteiger partial charge in [0.25, 0.3) is 0 Å². The molecule has 0 N–H and O–H groups in total. The molecule has 1 aromatic carbocycles. The SMILES string of the molecule is CC1CCN(S(=O)(=O)c2c(C(C)C)cc(C(C)C)cc2C(C)C)CC1.